The van der Waals surface area contributed by atoms with Crippen LogP contribution in [-0.4, -0.2) is 64.1 Å². The van der Waals surface area contributed by atoms with Crippen LogP contribution in [0.25, 0.3) is 0 Å². The SMILES string of the molecule is CCOc1ccc(S(=O)(=O)N2CCC[C@H](C(=O)NCc3ccc(S(=O)(=O)N4CCCCC4)cc3)C2)cc1. The van der Waals surface area contributed by atoms with Crippen LogP contribution in [0.1, 0.15) is 44.6 Å². The van der Waals surface area contributed by atoms with Crippen LogP contribution < -0.4 is 10.1 Å². The largest absolute Gasteiger partial charge is 0.494 e. The second kappa shape index (κ2) is 11.9. The quantitative estimate of drug-likeness (QED) is 0.515. The third-order valence-electron chi connectivity index (χ3n) is 6.87. The molecule has 0 bridgehead atoms. The van der Waals surface area contributed by atoms with Gasteiger partial charge in [-0.15, -0.1) is 0 Å². The zero-order chi connectivity index (χ0) is 26.5. The van der Waals surface area contributed by atoms with Crippen molar-refractivity contribution in [3.8, 4) is 5.75 Å². The van der Waals surface area contributed by atoms with Crippen molar-refractivity contribution in [3.63, 3.8) is 0 Å². The summed E-state index contributed by atoms with van der Waals surface area (Å²) in [4.78, 5) is 13.3. The highest BCUT2D eigenvalue weighted by atomic mass is 32.2. The molecule has 9 nitrogen and oxygen atoms in total. The zero-order valence-electron chi connectivity index (χ0n) is 21.1. The Bertz CT molecular complexity index is 1270. The summed E-state index contributed by atoms with van der Waals surface area (Å²) in [5, 5.41) is 2.89. The summed E-state index contributed by atoms with van der Waals surface area (Å²) in [6.45, 7) is 4.18. The molecular weight excluding hydrogens is 514 g/mol. The van der Waals surface area contributed by atoms with Crippen LogP contribution >= 0.6 is 0 Å². The van der Waals surface area contributed by atoms with E-state index in [4.69, 9.17) is 4.74 Å². The van der Waals surface area contributed by atoms with Crippen LogP contribution in [0.15, 0.2) is 58.3 Å². The predicted octanol–water partition coefficient (Wildman–Crippen LogP) is 2.98. The predicted molar refractivity (Wildman–Crippen MR) is 140 cm³/mol. The van der Waals surface area contributed by atoms with Gasteiger partial charge in [-0.1, -0.05) is 18.6 Å². The van der Waals surface area contributed by atoms with Crippen LogP contribution in [0.4, 0.5) is 0 Å². The Balaban J connectivity index is 1.34. The lowest BCUT2D eigenvalue weighted by Gasteiger charge is -2.31. The number of piperidine rings is 2. The molecule has 0 spiro atoms. The lowest BCUT2D eigenvalue weighted by Crippen LogP contribution is -2.45. The van der Waals surface area contributed by atoms with Crippen LogP contribution in [-0.2, 0) is 31.4 Å². The number of amides is 1. The molecule has 1 N–H and O–H groups in total. The minimum absolute atomic E-state index is 0.119. The second-order valence-electron chi connectivity index (χ2n) is 9.43. The summed E-state index contributed by atoms with van der Waals surface area (Å²) in [5.41, 5.74) is 0.778. The Kier molecular flexibility index (Phi) is 8.89. The monoisotopic (exact) mass is 549 g/mol. The minimum Gasteiger partial charge on any atom is -0.494 e. The number of ether oxygens (including phenoxy) is 1. The molecule has 2 aliphatic heterocycles. The van der Waals surface area contributed by atoms with Gasteiger partial charge in [0.05, 0.1) is 22.3 Å². The summed E-state index contributed by atoms with van der Waals surface area (Å²) in [6, 6.07) is 12.9. The van der Waals surface area contributed by atoms with Crippen molar-refractivity contribution < 1.29 is 26.4 Å². The number of hydrogen-bond acceptors (Lipinski definition) is 6. The molecule has 37 heavy (non-hydrogen) atoms. The Labute approximate surface area is 219 Å². The van der Waals surface area contributed by atoms with E-state index < -0.39 is 26.0 Å². The Morgan fingerprint density at radius 1 is 0.838 bits per heavy atom. The molecule has 1 amide bonds. The first-order chi connectivity index (χ1) is 17.7. The van der Waals surface area contributed by atoms with E-state index in [-0.39, 0.29) is 28.8 Å². The van der Waals surface area contributed by atoms with E-state index in [1.165, 1.54) is 20.7 Å². The van der Waals surface area contributed by atoms with Gasteiger partial charge in [-0.3, -0.25) is 4.79 Å². The number of carbonyl (C=O) groups is 1. The van der Waals surface area contributed by atoms with E-state index in [1.807, 2.05) is 6.92 Å². The molecule has 11 heteroatoms. The first-order valence-corrected chi connectivity index (χ1v) is 15.7. The molecule has 2 aromatic rings. The molecule has 0 radical (unpaired) electrons. The molecule has 2 heterocycles. The van der Waals surface area contributed by atoms with Crippen molar-refractivity contribution in [1.29, 1.82) is 0 Å². The fourth-order valence-corrected chi connectivity index (χ4v) is 7.81. The molecule has 2 aliphatic rings. The molecule has 0 saturated carbocycles. The van der Waals surface area contributed by atoms with Gasteiger partial charge in [0, 0.05) is 32.7 Å². The number of nitrogens with zero attached hydrogens (tertiary/aromatic N) is 2. The van der Waals surface area contributed by atoms with Crippen LogP contribution in [0, 0.1) is 5.92 Å². The van der Waals surface area contributed by atoms with Gasteiger partial charge in [0.2, 0.25) is 26.0 Å². The van der Waals surface area contributed by atoms with Gasteiger partial charge in [-0.2, -0.15) is 8.61 Å². The number of sulfonamides is 2. The van der Waals surface area contributed by atoms with Crippen molar-refractivity contribution in [3.05, 3.63) is 54.1 Å². The maximum absolute atomic E-state index is 13.1. The number of benzene rings is 2. The van der Waals surface area contributed by atoms with Gasteiger partial charge < -0.3 is 10.1 Å². The van der Waals surface area contributed by atoms with Gasteiger partial charge in [-0.25, -0.2) is 16.8 Å². The van der Waals surface area contributed by atoms with E-state index in [1.54, 1.807) is 36.4 Å². The van der Waals surface area contributed by atoms with Crippen molar-refractivity contribution >= 4 is 26.0 Å². The van der Waals surface area contributed by atoms with Crippen LogP contribution in [0.5, 0.6) is 5.75 Å². The fraction of sp³-hybridized carbons (Fsp3) is 0.500. The van der Waals surface area contributed by atoms with Crippen LogP contribution in [0.3, 0.4) is 0 Å². The lowest BCUT2D eigenvalue weighted by atomic mass is 9.99. The number of nitrogens with one attached hydrogen (secondary N) is 1. The number of hydrogen-bond donors (Lipinski definition) is 1. The first kappa shape index (κ1) is 27.6. The highest BCUT2D eigenvalue weighted by Crippen LogP contribution is 2.26. The highest BCUT2D eigenvalue weighted by Gasteiger charge is 2.33. The average molecular weight is 550 g/mol. The van der Waals surface area contributed by atoms with Crippen molar-refractivity contribution in [2.24, 2.45) is 5.92 Å². The van der Waals surface area contributed by atoms with E-state index in [0.717, 1.165) is 24.8 Å². The normalized spacial score (nSPS) is 19.9. The first-order valence-electron chi connectivity index (χ1n) is 12.8. The van der Waals surface area contributed by atoms with Gasteiger partial charge in [0.15, 0.2) is 0 Å². The molecule has 1 atom stereocenters. The minimum atomic E-state index is -3.72. The molecular formula is C26H35N3O6S2. The van der Waals surface area contributed by atoms with Crippen molar-refractivity contribution in [1.82, 2.24) is 13.9 Å². The molecule has 0 aromatic heterocycles. The third kappa shape index (κ3) is 6.51. The Morgan fingerprint density at radius 2 is 1.41 bits per heavy atom. The Hall–Kier alpha value is -2.47. The van der Waals surface area contributed by atoms with E-state index in [0.29, 0.717) is 44.8 Å². The topological polar surface area (TPSA) is 113 Å². The Morgan fingerprint density at radius 3 is 2.03 bits per heavy atom. The summed E-state index contributed by atoms with van der Waals surface area (Å²) in [7, 11) is -7.22. The molecule has 2 fully saturated rings. The highest BCUT2D eigenvalue weighted by molar-refractivity contribution is 7.89. The smallest absolute Gasteiger partial charge is 0.243 e. The van der Waals surface area contributed by atoms with Crippen LogP contribution in [0.2, 0.25) is 0 Å². The maximum atomic E-state index is 13.1. The maximum Gasteiger partial charge on any atom is 0.243 e. The summed E-state index contributed by atoms with van der Waals surface area (Å²) < 4.78 is 60.2. The van der Waals surface area contributed by atoms with Gasteiger partial charge in [0.25, 0.3) is 0 Å². The van der Waals surface area contributed by atoms with E-state index in [2.05, 4.69) is 5.32 Å². The molecule has 0 unspecified atom stereocenters. The van der Waals surface area contributed by atoms with Crippen molar-refractivity contribution in [2.45, 2.75) is 55.4 Å². The average Bonchev–Trinajstić information content (AvgIpc) is 2.93. The van der Waals surface area contributed by atoms with E-state index in [9.17, 15) is 21.6 Å². The number of rotatable bonds is 9. The molecule has 4 rings (SSSR count). The fourth-order valence-electron chi connectivity index (χ4n) is 4.77. The lowest BCUT2D eigenvalue weighted by molar-refractivity contribution is -0.126. The molecule has 2 aromatic carbocycles. The van der Waals surface area contributed by atoms with Gasteiger partial charge >= 0.3 is 0 Å². The second-order valence-corrected chi connectivity index (χ2v) is 13.3. The van der Waals surface area contributed by atoms with Crippen molar-refractivity contribution in [2.75, 3.05) is 32.8 Å². The number of carbonyl (C=O) groups excluding carboxylic acids is 1. The molecule has 0 aliphatic carbocycles. The van der Waals surface area contributed by atoms with Gasteiger partial charge in [-0.05, 0) is 74.6 Å². The standard InChI is InChI=1S/C26H35N3O6S2/c1-2-35-23-10-14-25(15-11-23)37(33,34)29-18-6-7-22(20-29)26(30)27-19-21-8-12-24(13-9-21)36(31,32)28-16-4-3-5-17-28/h8-15,22H,2-7,16-20H2,1H3,(H,27,30)/t22-/m0/s1. The van der Waals surface area contributed by atoms with E-state index >= 15 is 0 Å². The van der Waals surface area contributed by atoms with Gasteiger partial charge in [0.1, 0.15) is 5.75 Å². The summed E-state index contributed by atoms with van der Waals surface area (Å²) >= 11 is 0. The summed E-state index contributed by atoms with van der Waals surface area (Å²) in [5.74, 6) is -0.0592. The molecule has 2 saturated heterocycles. The zero-order valence-corrected chi connectivity index (χ0v) is 22.8. The summed E-state index contributed by atoms with van der Waals surface area (Å²) in [6.07, 6.45) is 4.01. The third-order valence-corrected chi connectivity index (χ3v) is 10.7. The molecule has 202 valence electrons.